The molecule has 1 aliphatic carbocycles. The molecule has 224 valence electrons. The normalized spacial score (nSPS) is 23.6. The molecular weight excluding hydrogens is 526 g/mol. The lowest BCUT2D eigenvalue weighted by molar-refractivity contribution is -0.142. The Morgan fingerprint density at radius 2 is 1.78 bits per heavy atom. The van der Waals surface area contributed by atoms with E-state index >= 15 is 0 Å². The average Bonchev–Trinajstić information content (AvgIpc) is 3.50. The average molecular weight is 570 g/mol. The first-order valence-electron chi connectivity index (χ1n) is 14.7. The van der Waals surface area contributed by atoms with Gasteiger partial charge in [0, 0.05) is 29.6 Å². The van der Waals surface area contributed by atoms with E-state index in [1.807, 2.05) is 34.6 Å². The largest absolute Gasteiger partial charge is 0.460 e. The number of benzene rings is 1. The molecule has 3 atom stereocenters. The number of fused-ring (bicyclic) bond motifs is 1. The Morgan fingerprint density at radius 3 is 2.44 bits per heavy atom. The van der Waals surface area contributed by atoms with Crippen LogP contribution in [0.25, 0.3) is 11.0 Å². The number of amides is 3. The molecule has 0 radical (unpaired) electrons. The monoisotopic (exact) mass is 569 g/mol. The summed E-state index contributed by atoms with van der Waals surface area (Å²) in [5, 5.41) is 6.58. The number of nitrogens with one attached hydrogen (secondary N) is 2. The van der Waals surface area contributed by atoms with Crippen LogP contribution in [0, 0.1) is 17.8 Å². The van der Waals surface area contributed by atoms with Gasteiger partial charge in [-0.25, -0.2) is 9.59 Å². The van der Waals surface area contributed by atoms with Crippen LogP contribution >= 0.6 is 0 Å². The number of ether oxygens (including phenoxy) is 2. The van der Waals surface area contributed by atoms with Crippen LogP contribution in [0.3, 0.4) is 0 Å². The van der Waals surface area contributed by atoms with Crippen LogP contribution in [-0.4, -0.2) is 59.6 Å². The van der Waals surface area contributed by atoms with E-state index in [2.05, 4.69) is 10.6 Å². The van der Waals surface area contributed by atoms with Crippen molar-refractivity contribution in [3.8, 4) is 0 Å². The van der Waals surface area contributed by atoms with Crippen molar-refractivity contribution in [3.63, 3.8) is 0 Å². The Kier molecular flexibility index (Phi) is 9.29. The maximum absolute atomic E-state index is 13.6. The van der Waals surface area contributed by atoms with Gasteiger partial charge in [-0.15, -0.1) is 0 Å². The van der Waals surface area contributed by atoms with Crippen molar-refractivity contribution in [2.75, 3.05) is 18.5 Å². The second kappa shape index (κ2) is 12.5. The predicted molar refractivity (Wildman–Crippen MR) is 154 cm³/mol. The van der Waals surface area contributed by atoms with E-state index in [0.29, 0.717) is 23.2 Å². The van der Waals surface area contributed by atoms with Crippen molar-refractivity contribution in [3.05, 3.63) is 30.0 Å². The Balaban J connectivity index is 1.35. The van der Waals surface area contributed by atoms with Gasteiger partial charge in [0.25, 0.3) is 0 Å². The number of furan rings is 1. The molecule has 0 spiro atoms. The molecule has 41 heavy (non-hydrogen) atoms. The third-order valence-electron chi connectivity index (χ3n) is 8.08. The minimum atomic E-state index is -0.553. The number of rotatable bonds is 7. The lowest BCUT2D eigenvalue weighted by Crippen LogP contribution is -2.48. The zero-order valence-electron chi connectivity index (χ0n) is 25.0. The van der Waals surface area contributed by atoms with Gasteiger partial charge in [0.05, 0.1) is 6.61 Å². The molecule has 2 fully saturated rings. The Morgan fingerprint density at radius 1 is 1.07 bits per heavy atom. The molecule has 3 amide bonds. The molecule has 10 heteroatoms. The number of carbonyl (C=O) groups is 4. The lowest BCUT2D eigenvalue weighted by Gasteiger charge is -2.35. The summed E-state index contributed by atoms with van der Waals surface area (Å²) in [6, 6.07) is 6.16. The molecular formula is C31H43N3O7. The first-order valence-corrected chi connectivity index (χ1v) is 14.7. The van der Waals surface area contributed by atoms with Gasteiger partial charge in [-0.1, -0.05) is 6.92 Å². The van der Waals surface area contributed by atoms with E-state index < -0.39 is 23.7 Å². The maximum Gasteiger partial charge on any atom is 0.407 e. The molecule has 1 saturated heterocycles. The minimum absolute atomic E-state index is 0.0291. The molecule has 10 nitrogen and oxygen atoms in total. The van der Waals surface area contributed by atoms with Crippen LogP contribution in [-0.2, 0) is 19.1 Å². The Bertz CT molecular complexity index is 1270. The fourth-order valence-corrected chi connectivity index (χ4v) is 5.95. The zero-order chi connectivity index (χ0) is 29.9. The van der Waals surface area contributed by atoms with Gasteiger partial charge in [0.1, 0.15) is 17.2 Å². The number of carbonyl (C=O) groups excluding carboxylic acids is 4. The van der Waals surface area contributed by atoms with Gasteiger partial charge in [-0.05, 0) is 103 Å². The highest BCUT2D eigenvalue weighted by molar-refractivity contribution is 6.00. The van der Waals surface area contributed by atoms with Gasteiger partial charge in [0.2, 0.25) is 17.6 Å². The van der Waals surface area contributed by atoms with Crippen LogP contribution in [0.5, 0.6) is 0 Å². The topological polar surface area (TPSA) is 127 Å². The van der Waals surface area contributed by atoms with Crippen molar-refractivity contribution in [1.82, 2.24) is 10.2 Å². The molecule has 2 aliphatic rings. The third kappa shape index (κ3) is 7.40. The summed E-state index contributed by atoms with van der Waals surface area (Å²) in [4.78, 5) is 53.0. The first kappa shape index (κ1) is 30.4. The summed E-state index contributed by atoms with van der Waals surface area (Å²) < 4.78 is 16.0. The number of hydrogen-bond donors (Lipinski definition) is 2. The SMILES string of the molecule is CCOC(=O)c1cc2cc(NC(=O)[C@@H]3[C@@H](C)CCN3C(=O)C3CCC(C(C)NC(=O)OC(C)(C)C)CC3)ccc2o1. The molecule has 2 N–H and O–H groups in total. The van der Waals surface area contributed by atoms with Crippen LogP contribution in [0.2, 0.25) is 0 Å². The van der Waals surface area contributed by atoms with Gasteiger partial charge in [0.15, 0.2) is 0 Å². The van der Waals surface area contributed by atoms with Crippen molar-refractivity contribution < 1.29 is 33.1 Å². The molecule has 2 aromatic rings. The minimum Gasteiger partial charge on any atom is -0.460 e. The summed E-state index contributed by atoms with van der Waals surface area (Å²) in [5.41, 5.74) is 0.531. The number of hydrogen-bond acceptors (Lipinski definition) is 7. The number of anilines is 1. The van der Waals surface area contributed by atoms with Crippen LogP contribution in [0.4, 0.5) is 10.5 Å². The lowest BCUT2D eigenvalue weighted by atomic mass is 9.78. The highest BCUT2D eigenvalue weighted by atomic mass is 16.6. The summed E-state index contributed by atoms with van der Waals surface area (Å²) in [5.74, 6) is -0.455. The van der Waals surface area contributed by atoms with Gasteiger partial charge in [-0.2, -0.15) is 0 Å². The first-order chi connectivity index (χ1) is 19.4. The molecule has 1 unspecified atom stereocenters. The molecule has 4 rings (SSSR count). The number of alkyl carbamates (subject to hydrolysis) is 1. The van der Waals surface area contributed by atoms with E-state index in [0.717, 1.165) is 32.1 Å². The highest BCUT2D eigenvalue weighted by Crippen LogP contribution is 2.35. The molecule has 1 aliphatic heterocycles. The summed E-state index contributed by atoms with van der Waals surface area (Å²) in [7, 11) is 0. The van der Waals surface area contributed by atoms with E-state index in [9.17, 15) is 19.2 Å². The van der Waals surface area contributed by atoms with E-state index in [-0.39, 0.29) is 48.0 Å². The fraction of sp³-hybridized carbons (Fsp3) is 0.613. The van der Waals surface area contributed by atoms with Crippen LogP contribution in [0.15, 0.2) is 28.7 Å². The molecule has 1 aromatic heterocycles. The van der Waals surface area contributed by atoms with Crippen LogP contribution in [0.1, 0.15) is 84.2 Å². The van der Waals surface area contributed by atoms with E-state index in [4.69, 9.17) is 13.9 Å². The number of nitrogens with zero attached hydrogens (tertiary/aromatic N) is 1. The predicted octanol–water partition coefficient (Wildman–Crippen LogP) is 5.50. The van der Waals surface area contributed by atoms with Crippen LogP contribution < -0.4 is 10.6 Å². The molecule has 2 heterocycles. The molecule has 1 saturated carbocycles. The van der Waals surface area contributed by atoms with Crippen molar-refractivity contribution in [1.29, 1.82) is 0 Å². The molecule has 0 bridgehead atoms. The number of likely N-dealkylation sites (tertiary alicyclic amines) is 1. The van der Waals surface area contributed by atoms with Crippen molar-refractivity contribution in [2.24, 2.45) is 17.8 Å². The third-order valence-corrected chi connectivity index (χ3v) is 8.08. The van der Waals surface area contributed by atoms with Crippen molar-refractivity contribution in [2.45, 2.75) is 91.3 Å². The van der Waals surface area contributed by atoms with Gasteiger partial charge < -0.3 is 29.4 Å². The Labute approximate surface area is 241 Å². The quantitative estimate of drug-likeness (QED) is 0.421. The summed E-state index contributed by atoms with van der Waals surface area (Å²) in [6.45, 7) is 12.0. The van der Waals surface area contributed by atoms with E-state index in [1.165, 1.54) is 0 Å². The summed E-state index contributed by atoms with van der Waals surface area (Å²) in [6.07, 6.45) is 3.44. The summed E-state index contributed by atoms with van der Waals surface area (Å²) >= 11 is 0. The van der Waals surface area contributed by atoms with E-state index in [1.54, 1.807) is 36.1 Å². The standard InChI is InChI=1S/C31H43N3O7/c1-7-39-29(37)25-17-22-16-23(12-13-24(22)40-25)33-27(35)26-18(2)14-15-34(26)28(36)21-10-8-20(9-11-21)19(3)32-30(38)41-31(4,5)6/h12-13,16-21,26H,7-11,14-15H2,1-6H3,(H,32,38)(H,33,35)/t18-,19?,20?,21?,26-/m0/s1. The smallest absolute Gasteiger partial charge is 0.407 e. The number of esters is 1. The zero-order valence-corrected chi connectivity index (χ0v) is 25.0. The second-order valence-electron chi connectivity index (χ2n) is 12.4. The maximum atomic E-state index is 13.6. The second-order valence-corrected chi connectivity index (χ2v) is 12.4. The van der Waals surface area contributed by atoms with Crippen molar-refractivity contribution >= 4 is 40.5 Å². The van der Waals surface area contributed by atoms with Gasteiger partial charge >= 0.3 is 12.1 Å². The highest BCUT2D eigenvalue weighted by Gasteiger charge is 2.42. The fourth-order valence-electron chi connectivity index (χ4n) is 5.95. The Hall–Kier alpha value is -3.56. The van der Waals surface area contributed by atoms with Gasteiger partial charge in [-0.3, -0.25) is 9.59 Å². The molecule has 1 aromatic carbocycles.